The fourth-order valence-corrected chi connectivity index (χ4v) is 7.33. The number of benzene rings is 3. The lowest BCUT2D eigenvalue weighted by molar-refractivity contribution is 0.0471. The van der Waals surface area contributed by atoms with E-state index in [1.165, 1.54) is 23.3 Å². The summed E-state index contributed by atoms with van der Waals surface area (Å²) in [5.41, 5.74) is 10.8. The van der Waals surface area contributed by atoms with Crippen LogP contribution in [0.2, 0.25) is 0 Å². The summed E-state index contributed by atoms with van der Waals surface area (Å²) in [6.07, 6.45) is 1.54. The van der Waals surface area contributed by atoms with Gasteiger partial charge in [0.05, 0.1) is 24.9 Å². The van der Waals surface area contributed by atoms with Gasteiger partial charge in [0.15, 0.2) is 5.82 Å². The van der Waals surface area contributed by atoms with Crippen LogP contribution in [0.15, 0.2) is 72.8 Å². The highest BCUT2D eigenvalue weighted by molar-refractivity contribution is 6.00. The SMILES string of the molecule is COc1cc(C(=O)N2C[C@H](N)C[C@@H](F)C2)cc2nc(-c3cc4ccccc4n3CC3CC3)n(CC3CN(C(=O)c4ccccc4)C3)c12. The quantitative estimate of drug-likeness (QED) is 0.248. The number of methoxy groups -OCH3 is 1. The number of imidazole rings is 1. The molecule has 0 spiro atoms. The number of likely N-dealkylation sites (tertiary alicyclic amines) is 2. The summed E-state index contributed by atoms with van der Waals surface area (Å²) in [4.78, 5) is 35.4. The molecule has 3 aromatic carbocycles. The molecule has 2 aliphatic heterocycles. The smallest absolute Gasteiger partial charge is 0.254 e. The van der Waals surface area contributed by atoms with E-state index in [0.717, 1.165) is 29.0 Å². The van der Waals surface area contributed by atoms with E-state index in [0.29, 0.717) is 54.5 Å². The predicted molar refractivity (Wildman–Crippen MR) is 179 cm³/mol. The molecule has 242 valence electrons. The van der Waals surface area contributed by atoms with Crippen LogP contribution in [0.4, 0.5) is 4.39 Å². The van der Waals surface area contributed by atoms with E-state index in [1.807, 2.05) is 35.2 Å². The molecule has 4 heterocycles. The molecule has 3 fully saturated rings. The van der Waals surface area contributed by atoms with Crippen LogP contribution in [-0.4, -0.2) is 81.2 Å². The van der Waals surface area contributed by atoms with Gasteiger partial charge in [-0.3, -0.25) is 9.59 Å². The molecule has 0 radical (unpaired) electrons. The largest absolute Gasteiger partial charge is 0.494 e. The van der Waals surface area contributed by atoms with Crippen LogP contribution in [0.1, 0.15) is 40.0 Å². The molecular formula is C37H39FN6O3. The first-order chi connectivity index (χ1) is 22.9. The number of rotatable bonds is 8. The van der Waals surface area contributed by atoms with Gasteiger partial charge < -0.3 is 29.4 Å². The van der Waals surface area contributed by atoms with Gasteiger partial charge >= 0.3 is 0 Å². The molecule has 10 heteroatoms. The van der Waals surface area contributed by atoms with Crippen molar-refractivity contribution in [2.75, 3.05) is 33.3 Å². The van der Waals surface area contributed by atoms with Gasteiger partial charge in [0, 0.05) is 66.7 Å². The van der Waals surface area contributed by atoms with Crippen LogP contribution in [-0.2, 0) is 13.1 Å². The number of carbonyl (C=O) groups is 2. The van der Waals surface area contributed by atoms with E-state index >= 15 is 0 Å². The van der Waals surface area contributed by atoms with Gasteiger partial charge in [-0.15, -0.1) is 0 Å². The second-order valence-corrected chi connectivity index (χ2v) is 13.5. The van der Waals surface area contributed by atoms with E-state index in [4.69, 9.17) is 15.5 Å². The Bertz CT molecular complexity index is 1970. The van der Waals surface area contributed by atoms with Crippen molar-refractivity contribution in [2.45, 2.75) is 44.6 Å². The highest BCUT2D eigenvalue weighted by Gasteiger charge is 2.35. The van der Waals surface area contributed by atoms with E-state index in [-0.39, 0.29) is 30.7 Å². The monoisotopic (exact) mass is 634 g/mol. The maximum absolute atomic E-state index is 14.4. The van der Waals surface area contributed by atoms with Crippen molar-refractivity contribution in [2.24, 2.45) is 17.6 Å². The predicted octanol–water partition coefficient (Wildman–Crippen LogP) is 5.36. The number of alkyl halides is 1. The van der Waals surface area contributed by atoms with Crippen LogP contribution >= 0.6 is 0 Å². The molecule has 8 rings (SSSR count). The van der Waals surface area contributed by atoms with Gasteiger partial charge in [-0.1, -0.05) is 36.4 Å². The number of fused-ring (bicyclic) bond motifs is 2. The molecule has 3 aliphatic rings. The standard InChI is InChI=1S/C37H39FN6O3/c1-47-33-15-27(37(46)42-21-28(38)16-29(39)22-42)13-30-34(33)44(20-24-17-41(18-24)36(45)25-7-3-2-4-8-25)35(40-30)32-14-26-9-5-6-10-31(26)43(32)19-23-11-12-23/h2-10,13-15,23-24,28-29H,11-12,16-22,39H2,1H3/t28-,29-/m1/s1. The Kier molecular flexibility index (Phi) is 7.47. The summed E-state index contributed by atoms with van der Waals surface area (Å²) in [7, 11) is 1.60. The molecule has 2 amide bonds. The van der Waals surface area contributed by atoms with Gasteiger partial charge in [-0.2, -0.15) is 0 Å². The van der Waals surface area contributed by atoms with Crippen molar-refractivity contribution in [3.63, 3.8) is 0 Å². The van der Waals surface area contributed by atoms with Gasteiger partial charge in [-0.05, 0) is 61.6 Å². The lowest BCUT2D eigenvalue weighted by Gasteiger charge is -2.39. The Morgan fingerprint density at radius 2 is 1.55 bits per heavy atom. The normalized spacial score (nSPS) is 20.1. The lowest BCUT2D eigenvalue weighted by atomic mass is 9.98. The maximum atomic E-state index is 14.4. The fraction of sp³-hybridized carbons (Fsp3) is 0.378. The van der Waals surface area contributed by atoms with E-state index in [9.17, 15) is 14.0 Å². The van der Waals surface area contributed by atoms with Crippen LogP contribution in [0, 0.1) is 11.8 Å². The topological polar surface area (TPSA) is 98.6 Å². The van der Waals surface area contributed by atoms with E-state index in [2.05, 4.69) is 39.5 Å². The Balaban J connectivity index is 1.20. The second kappa shape index (κ2) is 11.8. The second-order valence-electron chi connectivity index (χ2n) is 13.5. The molecule has 47 heavy (non-hydrogen) atoms. The molecule has 2 N–H and O–H groups in total. The van der Waals surface area contributed by atoms with E-state index in [1.54, 1.807) is 19.2 Å². The average Bonchev–Trinajstić information content (AvgIpc) is 3.71. The van der Waals surface area contributed by atoms with Crippen LogP contribution in [0.5, 0.6) is 5.75 Å². The van der Waals surface area contributed by atoms with Crippen LogP contribution in [0.25, 0.3) is 33.5 Å². The number of aromatic nitrogens is 3. The minimum absolute atomic E-state index is 0.0216. The number of carbonyl (C=O) groups excluding carboxylic acids is 2. The van der Waals surface area contributed by atoms with Crippen LogP contribution in [0.3, 0.4) is 0 Å². The number of nitrogens with zero attached hydrogens (tertiary/aromatic N) is 5. The highest BCUT2D eigenvalue weighted by Crippen LogP contribution is 2.39. The number of amides is 2. The van der Waals surface area contributed by atoms with Gasteiger partial charge in [0.25, 0.3) is 11.8 Å². The number of piperidine rings is 1. The first-order valence-corrected chi connectivity index (χ1v) is 16.6. The molecule has 5 aromatic rings. The molecule has 9 nitrogen and oxygen atoms in total. The Morgan fingerprint density at radius 1 is 0.851 bits per heavy atom. The summed E-state index contributed by atoms with van der Waals surface area (Å²) in [5, 5.41) is 1.15. The third-order valence-corrected chi connectivity index (χ3v) is 9.88. The van der Waals surface area contributed by atoms with Gasteiger partial charge in [0.2, 0.25) is 0 Å². The average molecular weight is 635 g/mol. The van der Waals surface area contributed by atoms with Crippen molar-refractivity contribution >= 4 is 33.8 Å². The first-order valence-electron chi connectivity index (χ1n) is 16.6. The third kappa shape index (κ3) is 5.54. The molecular weight excluding hydrogens is 595 g/mol. The minimum Gasteiger partial charge on any atom is -0.494 e. The number of halogens is 1. The number of para-hydroxylation sites is 1. The van der Waals surface area contributed by atoms with Crippen LogP contribution < -0.4 is 10.5 Å². The molecule has 2 aromatic heterocycles. The zero-order chi connectivity index (χ0) is 32.2. The summed E-state index contributed by atoms with van der Waals surface area (Å²) in [5.74, 6) is 1.94. The molecule has 0 bridgehead atoms. The number of ether oxygens (including phenoxy) is 1. The summed E-state index contributed by atoms with van der Waals surface area (Å²) in [6, 6.07) is 23.1. The van der Waals surface area contributed by atoms with Crippen molar-refractivity contribution in [3.05, 3.63) is 83.9 Å². The van der Waals surface area contributed by atoms with Gasteiger partial charge in [-0.25, -0.2) is 9.37 Å². The molecule has 2 atom stereocenters. The molecule has 0 unspecified atom stereocenters. The minimum atomic E-state index is -1.15. The summed E-state index contributed by atoms with van der Waals surface area (Å²) >= 11 is 0. The first kappa shape index (κ1) is 29.7. The Morgan fingerprint density at radius 3 is 2.30 bits per heavy atom. The Labute approximate surface area is 272 Å². The molecule has 1 aliphatic carbocycles. The number of hydrogen-bond acceptors (Lipinski definition) is 5. The maximum Gasteiger partial charge on any atom is 0.254 e. The number of nitrogens with two attached hydrogens (primary N) is 1. The molecule has 2 saturated heterocycles. The number of hydrogen-bond donors (Lipinski definition) is 1. The highest BCUT2D eigenvalue weighted by atomic mass is 19.1. The summed E-state index contributed by atoms with van der Waals surface area (Å²) in [6.45, 7) is 3.14. The third-order valence-electron chi connectivity index (χ3n) is 9.88. The zero-order valence-corrected chi connectivity index (χ0v) is 26.5. The Hall–Kier alpha value is -4.70. The van der Waals surface area contributed by atoms with Gasteiger partial charge in [0.1, 0.15) is 17.4 Å². The lowest BCUT2D eigenvalue weighted by Crippen LogP contribution is -2.51. The molecule has 1 saturated carbocycles. The van der Waals surface area contributed by atoms with E-state index < -0.39 is 12.2 Å². The van der Waals surface area contributed by atoms with Crippen molar-refractivity contribution in [1.82, 2.24) is 23.9 Å². The zero-order valence-electron chi connectivity index (χ0n) is 26.5. The van der Waals surface area contributed by atoms with Crippen molar-refractivity contribution in [3.8, 4) is 17.3 Å². The van der Waals surface area contributed by atoms with Crippen molar-refractivity contribution in [1.29, 1.82) is 0 Å². The summed E-state index contributed by atoms with van der Waals surface area (Å²) < 4.78 is 25.0. The van der Waals surface area contributed by atoms with Crippen molar-refractivity contribution < 1.29 is 18.7 Å². The fourth-order valence-electron chi connectivity index (χ4n) is 7.33.